The zero-order valence-electron chi connectivity index (χ0n) is 15.8. The number of methoxy groups -OCH3 is 1. The van der Waals surface area contributed by atoms with Crippen molar-refractivity contribution in [2.45, 2.75) is 51.4 Å². The Labute approximate surface area is 150 Å². The number of ether oxygens (including phenoxy) is 1. The van der Waals surface area contributed by atoms with E-state index in [-0.39, 0.29) is 17.0 Å². The number of benzene rings is 1. The van der Waals surface area contributed by atoms with Crippen LogP contribution in [0.25, 0.3) is 0 Å². The summed E-state index contributed by atoms with van der Waals surface area (Å²) in [6.45, 7) is 10.9. The van der Waals surface area contributed by atoms with E-state index in [4.69, 9.17) is 9.16 Å². The monoisotopic (exact) mass is 369 g/mol. The minimum Gasteiger partial charge on any atom is -0.467 e. The molecule has 25 heavy (non-hydrogen) atoms. The molecule has 0 saturated carbocycles. The number of esters is 1. The van der Waals surface area contributed by atoms with Gasteiger partial charge in [0.15, 0.2) is 8.32 Å². The SMILES string of the molecule is COC(=O)[C@@H](CCO[Si](C)(C)C(C)(C)C)NC(=O)c1ccccc1F. The van der Waals surface area contributed by atoms with Crippen molar-refractivity contribution in [2.24, 2.45) is 0 Å². The van der Waals surface area contributed by atoms with Gasteiger partial charge in [0.05, 0.1) is 12.7 Å². The van der Waals surface area contributed by atoms with Gasteiger partial charge < -0.3 is 14.5 Å². The molecule has 0 unspecified atom stereocenters. The third-order valence-electron chi connectivity index (χ3n) is 4.59. The Morgan fingerprint density at radius 2 is 1.84 bits per heavy atom. The van der Waals surface area contributed by atoms with Gasteiger partial charge in [-0.3, -0.25) is 4.79 Å². The maximum Gasteiger partial charge on any atom is 0.328 e. The normalized spacial score (nSPS) is 13.2. The minimum atomic E-state index is -1.95. The van der Waals surface area contributed by atoms with Crippen LogP contribution in [0.1, 0.15) is 37.6 Å². The van der Waals surface area contributed by atoms with E-state index >= 15 is 0 Å². The van der Waals surface area contributed by atoms with Crippen molar-refractivity contribution in [3.63, 3.8) is 0 Å². The molecule has 7 heteroatoms. The topological polar surface area (TPSA) is 64.6 Å². The second-order valence-electron chi connectivity index (χ2n) is 7.43. The van der Waals surface area contributed by atoms with Gasteiger partial charge in [0, 0.05) is 13.0 Å². The number of nitrogens with one attached hydrogen (secondary N) is 1. The van der Waals surface area contributed by atoms with Gasteiger partial charge in [-0.1, -0.05) is 32.9 Å². The molecule has 1 aromatic carbocycles. The molecule has 1 N–H and O–H groups in total. The number of carbonyl (C=O) groups is 2. The van der Waals surface area contributed by atoms with E-state index in [1.807, 2.05) is 0 Å². The van der Waals surface area contributed by atoms with E-state index in [2.05, 4.69) is 39.2 Å². The van der Waals surface area contributed by atoms with Crippen molar-refractivity contribution >= 4 is 20.2 Å². The van der Waals surface area contributed by atoms with Crippen LogP contribution < -0.4 is 5.32 Å². The van der Waals surface area contributed by atoms with Crippen molar-refractivity contribution in [1.82, 2.24) is 5.32 Å². The summed E-state index contributed by atoms with van der Waals surface area (Å²) in [6, 6.07) is 4.73. The molecule has 0 bridgehead atoms. The molecule has 0 fully saturated rings. The molecule has 0 aliphatic heterocycles. The van der Waals surface area contributed by atoms with Crippen LogP contribution in [0.5, 0.6) is 0 Å². The number of carbonyl (C=O) groups excluding carboxylic acids is 2. The zero-order chi connectivity index (χ0) is 19.3. The number of hydrogen-bond donors (Lipinski definition) is 1. The van der Waals surface area contributed by atoms with Gasteiger partial charge in [-0.2, -0.15) is 0 Å². The van der Waals surface area contributed by atoms with Crippen LogP contribution in [0.15, 0.2) is 24.3 Å². The van der Waals surface area contributed by atoms with Crippen LogP contribution >= 0.6 is 0 Å². The Kier molecular flexibility index (Phi) is 7.31. The smallest absolute Gasteiger partial charge is 0.328 e. The molecule has 0 aliphatic rings. The summed E-state index contributed by atoms with van der Waals surface area (Å²) in [4.78, 5) is 24.2. The second kappa shape index (κ2) is 8.58. The Morgan fingerprint density at radius 3 is 2.36 bits per heavy atom. The van der Waals surface area contributed by atoms with Crippen molar-refractivity contribution in [3.05, 3.63) is 35.6 Å². The standard InChI is InChI=1S/C18H28FNO4Si/c1-18(2,3)25(5,6)24-12-11-15(17(22)23-4)20-16(21)13-9-7-8-10-14(13)19/h7-10,15H,11-12H2,1-6H3,(H,20,21)/t15-/m1/s1. The molecule has 0 saturated heterocycles. The lowest BCUT2D eigenvalue weighted by molar-refractivity contribution is -0.143. The first-order valence-corrected chi connectivity index (χ1v) is 11.2. The first-order chi connectivity index (χ1) is 11.5. The Morgan fingerprint density at radius 1 is 1.24 bits per heavy atom. The van der Waals surface area contributed by atoms with Gasteiger partial charge in [-0.25, -0.2) is 9.18 Å². The molecule has 0 radical (unpaired) electrons. The van der Waals surface area contributed by atoms with Crippen molar-refractivity contribution in [1.29, 1.82) is 0 Å². The predicted octanol–water partition coefficient (Wildman–Crippen LogP) is 3.51. The van der Waals surface area contributed by atoms with Crippen molar-refractivity contribution < 1.29 is 23.1 Å². The highest BCUT2D eigenvalue weighted by Gasteiger charge is 2.37. The predicted molar refractivity (Wildman–Crippen MR) is 97.4 cm³/mol. The molecule has 1 amide bonds. The van der Waals surface area contributed by atoms with Gasteiger partial charge in [0.1, 0.15) is 11.9 Å². The molecule has 1 aromatic rings. The van der Waals surface area contributed by atoms with E-state index in [9.17, 15) is 14.0 Å². The second-order valence-corrected chi connectivity index (χ2v) is 12.2. The van der Waals surface area contributed by atoms with Crippen LogP contribution in [-0.4, -0.2) is 40.0 Å². The minimum absolute atomic E-state index is 0.0458. The van der Waals surface area contributed by atoms with Gasteiger partial charge in [0.25, 0.3) is 5.91 Å². The lowest BCUT2D eigenvalue weighted by Crippen LogP contribution is -2.45. The van der Waals surface area contributed by atoms with Crippen LogP contribution in [-0.2, 0) is 14.0 Å². The summed E-state index contributed by atoms with van der Waals surface area (Å²) in [5, 5.41) is 2.58. The van der Waals surface area contributed by atoms with Gasteiger partial charge in [-0.05, 0) is 30.3 Å². The first kappa shape index (κ1) is 21.3. The third kappa shape index (κ3) is 5.93. The summed E-state index contributed by atoms with van der Waals surface area (Å²) in [7, 11) is -0.705. The number of hydrogen-bond acceptors (Lipinski definition) is 4. The summed E-state index contributed by atoms with van der Waals surface area (Å²) in [6.07, 6.45) is 0.263. The summed E-state index contributed by atoms with van der Waals surface area (Å²) < 4.78 is 24.5. The lowest BCUT2D eigenvalue weighted by atomic mass is 10.1. The molecule has 1 atom stereocenters. The van der Waals surface area contributed by atoms with E-state index in [0.29, 0.717) is 6.61 Å². The Balaban J connectivity index is 2.74. The van der Waals surface area contributed by atoms with Crippen LogP contribution in [0.3, 0.4) is 0 Å². The molecular weight excluding hydrogens is 341 g/mol. The number of amides is 1. The fourth-order valence-corrected chi connectivity index (χ4v) is 2.98. The maximum absolute atomic E-state index is 13.7. The molecule has 0 aliphatic carbocycles. The van der Waals surface area contributed by atoms with Gasteiger partial charge >= 0.3 is 5.97 Å². The largest absolute Gasteiger partial charge is 0.467 e. The van der Waals surface area contributed by atoms with Crippen LogP contribution in [0.2, 0.25) is 18.1 Å². The summed E-state index contributed by atoms with van der Waals surface area (Å²) in [5.41, 5.74) is -0.110. The molecule has 0 spiro atoms. The van der Waals surface area contributed by atoms with Crippen LogP contribution in [0.4, 0.5) is 4.39 Å². The van der Waals surface area contributed by atoms with Crippen molar-refractivity contribution in [2.75, 3.05) is 13.7 Å². The fourth-order valence-electron chi connectivity index (χ4n) is 1.92. The average Bonchev–Trinajstić information content (AvgIpc) is 2.52. The average molecular weight is 370 g/mol. The molecule has 0 aromatic heterocycles. The number of rotatable bonds is 7. The third-order valence-corrected chi connectivity index (χ3v) is 9.12. The van der Waals surface area contributed by atoms with E-state index in [1.165, 1.54) is 25.3 Å². The highest BCUT2D eigenvalue weighted by Crippen LogP contribution is 2.36. The van der Waals surface area contributed by atoms with Gasteiger partial charge in [-0.15, -0.1) is 0 Å². The highest BCUT2D eigenvalue weighted by atomic mass is 28.4. The van der Waals surface area contributed by atoms with Crippen LogP contribution in [0, 0.1) is 5.82 Å². The molecular formula is C18H28FNO4Si. The maximum atomic E-state index is 13.7. The zero-order valence-corrected chi connectivity index (χ0v) is 16.8. The highest BCUT2D eigenvalue weighted by molar-refractivity contribution is 6.74. The fraction of sp³-hybridized carbons (Fsp3) is 0.556. The lowest BCUT2D eigenvalue weighted by Gasteiger charge is -2.36. The Hall–Kier alpha value is -1.73. The number of halogens is 1. The molecule has 140 valence electrons. The molecule has 5 nitrogen and oxygen atoms in total. The Bertz CT molecular complexity index is 613. The van der Waals surface area contributed by atoms with E-state index in [0.717, 1.165) is 0 Å². The van der Waals surface area contributed by atoms with E-state index in [1.54, 1.807) is 6.07 Å². The summed E-state index contributed by atoms with van der Waals surface area (Å²) in [5.74, 6) is -1.87. The quantitative estimate of drug-likeness (QED) is 0.590. The molecule has 1 rings (SSSR count). The first-order valence-electron chi connectivity index (χ1n) is 8.27. The van der Waals surface area contributed by atoms with Crippen molar-refractivity contribution in [3.8, 4) is 0 Å². The molecule has 0 heterocycles. The van der Waals surface area contributed by atoms with E-state index < -0.39 is 32.1 Å². The summed E-state index contributed by atoms with van der Waals surface area (Å²) >= 11 is 0. The van der Waals surface area contributed by atoms with Gasteiger partial charge in [0.2, 0.25) is 0 Å².